The van der Waals surface area contributed by atoms with Crippen molar-refractivity contribution in [3.05, 3.63) is 34.6 Å². The van der Waals surface area contributed by atoms with Crippen LogP contribution in [-0.2, 0) is 4.79 Å². The molecule has 0 aliphatic heterocycles. The van der Waals surface area contributed by atoms with Gasteiger partial charge in [-0.3, -0.25) is 14.2 Å². The Kier molecular flexibility index (Phi) is 5.70. The molecule has 0 bridgehead atoms. The number of aromatic nitrogens is 2. The molecule has 0 unspecified atom stereocenters. The van der Waals surface area contributed by atoms with Gasteiger partial charge in [-0.2, -0.15) is 0 Å². The van der Waals surface area contributed by atoms with Gasteiger partial charge in [0.2, 0.25) is 5.91 Å². The molecule has 140 valence electrons. The zero-order chi connectivity index (χ0) is 18.8. The number of fused-ring (bicyclic) bond motifs is 1. The van der Waals surface area contributed by atoms with Crippen LogP contribution in [-0.4, -0.2) is 27.8 Å². The van der Waals surface area contributed by atoms with E-state index in [1.165, 1.54) is 18.2 Å². The van der Waals surface area contributed by atoms with Crippen molar-refractivity contribution in [3.63, 3.8) is 0 Å². The summed E-state index contributed by atoms with van der Waals surface area (Å²) in [4.78, 5) is 30.1. The van der Waals surface area contributed by atoms with Crippen molar-refractivity contribution < 1.29 is 4.79 Å². The van der Waals surface area contributed by atoms with E-state index in [1.54, 1.807) is 7.05 Å². The van der Waals surface area contributed by atoms with E-state index in [-0.39, 0.29) is 22.8 Å². The number of rotatable bonds is 4. The molecule has 5 nitrogen and oxygen atoms in total. The minimum absolute atomic E-state index is 0.00755. The number of benzene rings is 1. The number of hydrogen-bond acceptors (Lipinski definition) is 4. The molecule has 4 atom stereocenters. The van der Waals surface area contributed by atoms with Crippen LogP contribution in [0.4, 0.5) is 0 Å². The second-order valence-corrected chi connectivity index (χ2v) is 8.60. The molecule has 1 aromatic carbocycles. The predicted octanol–water partition coefficient (Wildman–Crippen LogP) is 3.62. The quantitative estimate of drug-likeness (QED) is 0.657. The summed E-state index contributed by atoms with van der Waals surface area (Å²) in [6.45, 7) is 6.34. The highest BCUT2D eigenvalue weighted by Gasteiger charge is 2.32. The fourth-order valence-electron chi connectivity index (χ4n) is 3.83. The first-order valence-corrected chi connectivity index (χ1v) is 10.2. The van der Waals surface area contributed by atoms with E-state index in [4.69, 9.17) is 4.98 Å². The smallest absolute Gasteiger partial charge is 0.262 e. The third-order valence-corrected chi connectivity index (χ3v) is 6.74. The Bertz CT molecular complexity index is 864. The monoisotopic (exact) mass is 373 g/mol. The third-order valence-electron chi connectivity index (χ3n) is 5.67. The van der Waals surface area contributed by atoms with E-state index in [0.717, 1.165) is 12.8 Å². The molecule has 1 aromatic heterocycles. The van der Waals surface area contributed by atoms with Crippen molar-refractivity contribution in [1.29, 1.82) is 0 Å². The highest BCUT2D eigenvalue weighted by atomic mass is 32.2. The average Bonchev–Trinajstić information content (AvgIpc) is 2.64. The lowest BCUT2D eigenvalue weighted by atomic mass is 9.78. The van der Waals surface area contributed by atoms with Crippen LogP contribution >= 0.6 is 11.8 Å². The number of nitrogens with one attached hydrogen (secondary N) is 1. The van der Waals surface area contributed by atoms with Gasteiger partial charge in [0.15, 0.2) is 5.16 Å². The van der Waals surface area contributed by atoms with Crippen molar-refractivity contribution >= 4 is 28.6 Å². The molecule has 1 saturated carbocycles. The maximum atomic E-state index is 13.3. The maximum absolute atomic E-state index is 13.3. The van der Waals surface area contributed by atoms with Gasteiger partial charge >= 0.3 is 0 Å². The second-order valence-electron chi connectivity index (χ2n) is 7.30. The summed E-state index contributed by atoms with van der Waals surface area (Å²) in [7, 11) is 1.63. The Morgan fingerprint density at radius 2 is 2.04 bits per heavy atom. The summed E-state index contributed by atoms with van der Waals surface area (Å²) in [5.41, 5.74) is 0.699. The number of carbonyl (C=O) groups is 1. The van der Waals surface area contributed by atoms with Gasteiger partial charge in [0.25, 0.3) is 5.56 Å². The van der Waals surface area contributed by atoms with Crippen molar-refractivity contribution in [3.8, 4) is 0 Å². The molecule has 1 aliphatic carbocycles. The normalized spacial score (nSPS) is 24.4. The highest BCUT2D eigenvalue weighted by Crippen LogP contribution is 2.39. The van der Waals surface area contributed by atoms with Gasteiger partial charge in [0.05, 0.1) is 16.2 Å². The fraction of sp³-hybridized carbons (Fsp3) is 0.550. The van der Waals surface area contributed by atoms with Gasteiger partial charge in [0, 0.05) is 13.1 Å². The van der Waals surface area contributed by atoms with Crippen LogP contribution in [0.15, 0.2) is 34.2 Å². The number of nitrogens with zero attached hydrogens (tertiary/aromatic N) is 2. The Balaban J connectivity index is 2.14. The molecule has 1 N–H and O–H groups in total. The number of amides is 1. The molecule has 1 fully saturated rings. The Morgan fingerprint density at radius 1 is 1.31 bits per heavy atom. The lowest BCUT2D eigenvalue weighted by Gasteiger charge is -2.36. The zero-order valence-electron chi connectivity index (χ0n) is 15.9. The first-order valence-electron chi connectivity index (χ1n) is 9.33. The molecule has 26 heavy (non-hydrogen) atoms. The van der Waals surface area contributed by atoms with E-state index >= 15 is 0 Å². The van der Waals surface area contributed by atoms with Crippen molar-refractivity contribution in [2.45, 2.75) is 56.5 Å². The molecule has 1 heterocycles. The highest BCUT2D eigenvalue weighted by molar-refractivity contribution is 8.00. The molecular weight excluding hydrogens is 346 g/mol. The predicted molar refractivity (Wildman–Crippen MR) is 107 cm³/mol. The zero-order valence-corrected chi connectivity index (χ0v) is 16.7. The van der Waals surface area contributed by atoms with Crippen LogP contribution in [0.3, 0.4) is 0 Å². The summed E-state index contributed by atoms with van der Waals surface area (Å²) in [6, 6.07) is 7.60. The van der Waals surface area contributed by atoms with Crippen molar-refractivity contribution in [2.24, 2.45) is 11.8 Å². The lowest BCUT2D eigenvalue weighted by molar-refractivity contribution is -0.119. The van der Waals surface area contributed by atoms with Gasteiger partial charge in [-0.15, -0.1) is 0 Å². The Morgan fingerprint density at radius 3 is 2.77 bits per heavy atom. The first kappa shape index (κ1) is 19.0. The SMILES string of the molecule is CNC(=O)[C@H](C)Sc1nc2ccccc2c(=O)n1[C@@H]1CCC[C@H](C)[C@@H]1C. The summed E-state index contributed by atoms with van der Waals surface area (Å²) < 4.78 is 1.87. The standard InChI is InChI=1S/C20H27N3O2S/c1-12-8-7-11-17(13(12)2)23-19(25)15-9-5-6-10-16(15)22-20(23)26-14(3)18(24)21-4/h5-6,9-10,12-14,17H,7-8,11H2,1-4H3,(H,21,24)/t12-,13-,14-,17+/m0/s1. The maximum Gasteiger partial charge on any atom is 0.262 e. The largest absolute Gasteiger partial charge is 0.358 e. The molecule has 0 radical (unpaired) electrons. The molecule has 2 aromatic rings. The summed E-state index contributed by atoms with van der Waals surface area (Å²) in [5, 5.41) is 3.66. The molecule has 1 amide bonds. The molecular formula is C20H27N3O2S. The van der Waals surface area contributed by atoms with E-state index < -0.39 is 0 Å². The van der Waals surface area contributed by atoms with E-state index in [1.807, 2.05) is 35.8 Å². The first-order chi connectivity index (χ1) is 12.4. The second kappa shape index (κ2) is 7.82. The van der Waals surface area contributed by atoms with Crippen molar-refractivity contribution in [2.75, 3.05) is 7.05 Å². The number of thioether (sulfide) groups is 1. The van der Waals surface area contributed by atoms with E-state index in [9.17, 15) is 9.59 Å². The number of para-hydroxylation sites is 1. The van der Waals surface area contributed by atoms with E-state index in [0.29, 0.717) is 27.9 Å². The van der Waals surface area contributed by atoms with Crippen LogP contribution in [0.1, 0.15) is 46.1 Å². The summed E-state index contributed by atoms with van der Waals surface area (Å²) >= 11 is 1.37. The van der Waals surface area contributed by atoms with Crippen LogP contribution in [0, 0.1) is 11.8 Å². The van der Waals surface area contributed by atoms with Gasteiger partial charge in [0.1, 0.15) is 0 Å². The van der Waals surface area contributed by atoms with Crippen LogP contribution in [0.25, 0.3) is 10.9 Å². The van der Waals surface area contributed by atoms with Crippen molar-refractivity contribution in [1.82, 2.24) is 14.9 Å². The molecule has 1 aliphatic rings. The minimum atomic E-state index is -0.310. The lowest BCUT2D eigenvalue weighted by Crippen LogP contribution is -2.36. The van der Waals surface area contributed by atoms with Gasteiger partial charge in [-0.25, -0.2) is 4.98 Å². The Labute approximate surface area is 158 Å². The summed E-state index contributed by atoms with van der Waals surface area (Å²) in [5.74, 6) is 0.912. The topological polar surface area (TPSA) is 64.0 Å². The third kappa shape index (κ3) is 3.52. The van der Waals surface area contributed by atoms with E-state index in [2.05, 4.69) is 19.2 Å². The fourth-order valence-corrected chi connectivity index (χ4v) is 4.86. The molecule has 6 heteroatoms. The Hall–Kier alpha value is -1.82. The molecule has 0 spiro atoms. The number of hydrogen-bond donors (Lipinski definition) is 1. The summed E-state index contributed by atoms with van der Waals surface area (Å²) in [6.07, 6.45) is 3.29. The average molecular weight is 374 g/mol. The van der Waals surface area contributed by atoms with Gasteiger partial charge in [-0.1, -0.05) is 50.6 Å². The minimum Gasteiger partial charge on any atom is -0.358 e. The molecule has 3 rings (SSSR count). The van der Waals surface area contributed by atoms with Crippen LogP contribution in [0.5, 0.6) is 0 Å². The van der Waals surface area contributed by atoms with Gasteiger partial charge in [-0.05, 0) is 37.3 Å². The van der Waals surface area contributed by atoms with Crippen LogP contribution in [0.2, 0.25) is 0 Å². The number of carbonyl (C=O) groups excluding carboxylic acids is 1. The molecule has 0 saturated heterocycles. The van der Waals surface area contributed by atoms with Crippen LogP contribution < -0.4 is 10.9 Å². The van der Waals surface area contributed by atoms with Gasteiger partial charge < -0.3 is 5.32 Å².